The first-order valence-electron chi connectivity index (χ1n) is 12.6. The third-order valence-corrected chi connectivity index (χ3v) is 8.56. The van der Waals surface area contributed by atoms with E-state index in [2.05, 4.69) is 27.9 Å². The molecule has 2 heterocycles. The van der Waals surface area contributed by atoms with Crippen LogP contribution in [0.3, 0.4) is 0 Å². The highest BCUT2D eigenvalue weighted by molar-refractivity contribution is 7.14. The summed E-state index contributed by atoms with van der Waals surface area (Å²) in [5.41, 5.74) is 2.04. The summed E-state index contributed by atoms with van der Waals surface area (Å²) in [6.07, 6.45) is 11.6. The maximum atomic E-state index is 13.1. The van der Waals surface area contributed by atoms with Crippen molar-refractivity contribution in [2.24, 2.45) is 5.92 Å². The number of hydrogen-bond donors (Lipinski definition) is 3. The number of pyridine rings is 1. The molecule has 8 heteroatoms. The second kappa shape index (κ2) is 10.2. The molecule has 0 aliphatic heterocycles. The molecule has 6 nitrogen and oxygen atoms in total. The Hall–Kier alpha value is -2.12. The second-order valence-electron chi connectivity index (χ2n) is 10.1. The number of thiophene rings is 1. The van der Waals surface area contributed by atoms with Gasteiger partial charge in [-0.15, -0.1) is 11.3 Å². The molecule has 34 heavy (non-hydrogen) atoms. The van der Waals surface area contributed by atoms with E-state index in [1.807, 2.05) is 18.2 Å². The van der Waals surface area contributed by atoms with Gasteiger partial charge >= 0.3 is 0 Å². The predicted molar refractivity (Wildman–Crippen MR) is 137 cm³/mol. The quantitative estimate of drug-likeness (QED) is 0.384. The normalized spacial score (nSPS) is 20.1. The van der Waals surface area contributed by atoms with E-state index in [1.54, 1.807) is 6.20 Å². The van der Waals surface area contributed by atoms with E-state index in [4.69, 9.17) is 11.6 Å². The lowest BCUT2D eigenvalue weighted by atomic mass is 9.97. The van der Waals surface area contributed by atoms with E-state index in [1.165, 1.54) is 24.2 Å². The summed E-state index contributed by atoms with van der Waals surface area (Å²) >= 11 is 7.67. The largest absolute Gasteiger partial charge is 0.376 e. The predicted octanol–water partition coefficient (Wildman–Crippen LogP) is 5.80. The van der Waals surface area contributed by atoms with E-state index >= 15 is 0 Å². The zero-order chi connectivity index (χ0) is 23.7. The molecule has 0 saturated heterocycles. The van der Waals surface area contributed by atoms with Gasteiger partial charge in [-0.05, 0) is 63.1 Å². The summed E-state index contributed by atoms with van der Waals surface area (Å²) in [6.45, 7) is 2.08. The van der Waals surface area contributed by atoms with Crippen molar-refractivity contribution in [2.45, 2.75) is 88.8 Å². The molecule has 182 valence electrons. The number of nitrogens with one attached hydrogen (secondary N) is 3. The highest BCUT2D eigenvalue weighted by Gasteiger charge is 2.32. The molecule has 3 aliphatic carbocycles. The first kappa shape index (κ1) is 23.6. The van der Waals surface area contributed by atoms with Gasteiger partial charge in [0.2, 0.25) is 5.91 Å². The van der Waals surface area contributed by atoms with Crippen LogP contribution in [0.1, 0.15) is 96.9 Å². The van der Waals surface area contributed by atoms with E-state index < -0.39 is 6.04 Å². The first-order valence-corrected chi connectivity index (χ1v) is 13.8. The number of nitrogens with zero attached hydrogens (tertiary/aromatic N) is 1. The van der Waals surface area contributed by atoms with Crippen molar-refractivity contribution >= 4 is 40.4 Å². The Kier molecular flexibility index (Phi) is 7.11. The topological polar surface area (TPSA) is 83.1 Å². The molecule has 0 radical (unpaired) electrons. The molecule has 2 aromatic heterocycles. The van der Waals surface area contributed by atoms with Crippen LogP contribution >= 0.6 is 22.9 Å². The number of amides is 2. The highest BCUT2D eigenvalue weighted by atomic mass is 35.5. The van der Waals surface area contributed by atoms with Gasteiger partial charge < -0.3 is 16.0 Å². The summed E-state index contributed by atoms with van der Waals surface area (Å²) in [5.74, 6) is 0.830. The third-order valence-electron chi connectivity index (χ3n) is 7.09. The fourth-order valence-corrected chi connectivity index (χ4v) is 5.90. The molecule has 3 saturated carbocycles. The molecule has 3 fully saturated rings. The molecular formula is C26H33ClN4O2S. The van der Waals surface area contributed by atoms with Crippen LogP contribution in [0.5, 0.6) is 0 Å². The van der Waals surface area contributed by atoms with Gasteiger partial charge in [0.25, 0.3) is 5.91 Å². The zero-order valence-corrected chi connectivity index (χ0v) is 21.2. The molecule has 2 atom stereocenters. The van der Waals surface area contributed by atoms with Gasteiger partial charge in [-0.2, -0.15) is 0 Å². The monoisotopic (exact) mass is 500 g/mol. The smallest absolute Gasteiger partial charge is 0.262 e. The summed E-state index contributed by atoms with van der Waals surface area (Å²) in [7, 11) is 0. The van der Waals surface area contributed by atoms with Gasteiger partial charge in [0.05, 0.1) is 27.3 Å². The van der Waals surface area contributed by atoms with Crippen LogP contribution in [0.2, 0.25) is 5.02 Å². The first-order chi connectivity index (χ1) is 16.5. The minimum absolute atomic E-state index is 0.0109. The molecule has 3 aliphatic rings. The van der Waals surface area contributed by atoms with Crippen LogP contribution in [-0.4, -0.2) is 28.9 Å². The van der Waals surface area contributed by atoms with Crippen molar-refractivity contribution in [3.63, 3.8) is 0 Å². The van der Waals surface area contributed by atoms with Crippen molar-refractivity contribution in [1.82, 2.24) is 15.6 Å². The van der Waals surface area contributed by atoms with Crippen molar-refractivity contribution < 1.29 is 9.59 Å². The maximum absolute atomic E-state index is 13.1. The van der Waals surface area contributed by atoms with Gasteiger partial charge in [0, 0.05) is 23.0 Å². The van der Waals surface area contributed by atoms with E-state index in [-0.39, 0.29) is 23.9 Å². The van der Waals surface area contributed by atoms with Crippen LogP contribution in [0, 0.1) is 5.92 Å². The number of carbonyl (C=O) groups excluding carboxylic acids is 2. The van der Waals surface area contributed by atoms with Gasteiger partial charge in [0.15, 0.2) is 0 Å². The van der Waals surface area contributed by atoms with Crippen LogP contribution < -0.4 is 16.0 Å². The van der Waals surface area contributed by atoms with E-state index in [0.29, 0.717) is 21.7 Å². The number of halogens is 1. The Labute approximate surface area is 210 Å². The number of rotatable bonds is 10. The third kappa shape index (κ3) is 5.92. The van der Waals surface area contributed by atoms with Gasteiger partial charge in [0.1, 0.15) is 6.04 Å². The second-order valence-corrected chi connectivity index (χ2v) is 11.7. The van der Waals surface area contributed by atoms with Crippen LogP contribution in [0.25, 0.3) is 0 Å². The van der Waals surface area contributed by atoms with Crippen molar-refractivity contribution in [3.8, 4) is 0 Å². The minimum atomic E-state index is -0.462. The Bertz CT molecular complexity index is 1040. The summed E-state index contributed by atoms with van der Waals surface area (Å²) in [5, 5.41) is 10.3. The molecular weight excluding hydrogens is 468 g/mol. The van der Waals surface area contributed by atoms with Gasteiger partial charge in [-0.25, -0.2) is 0 Å². The van der Waals surface area contributed by atoms with E-state index in [0.717, 1.165) is 61.2 Å². The molecule has 2 aromatic rings. The molecule has 2 amide bonds. The zero-order valence-electron chi connectivity index (χ0n) is 19.6. The summed E-state index contributed by atoms with van der Waals surface area (Å²) in [4.78, 5) is 32.2. The maximum Gasteiger partial charge on any atom is 0.262 e. The summed E-state index contributed by atoms with van der Waals surface area (Å²) in [6, 6.07) is 5.62. The van der Waals surface area contributed by atoms with Gasteiger partial charge in [-0.3, -0.25) is 14.6 Å². The fraction of sp³-hybridized carbons (Fsp3) is 0.577. The van der Waals surface area contributed by atoms with Gasteiger partial charge in [-0.1, -0.05) is 37.3 Å². The lowest BCUT2D eigenvalue weighted by Crippen LogP contribution is -2.48. The van der Waals surface area contributed by atoms with Crippen LogP contribution in [0.4, 0.5) is 5.69 Å². The molecule has 5 rings (SSSR count). The number of carbonyl (C=O) groups is 2. The number of aromatic nitrogens is 1. The van der Waals surface area contributed by atoms with Crippen molar-refractivity contribution in [1.29, 1.82) is 0 Å². The molecule has 0 spiro atoms. The van der Waals surface area contributed by atoms with Crippen molar-refractivity contribution in [2.75, 3.05) is 5.32 Å². The average Bonchev–Trinajstić information content (AvgIpc) is 3.71. The standard InChI is InChI=1S/C26H33ClN4O2S/c1-15(29-20-13-18(27)14-28-24(20)17-6-7-17)22-10-11-23(34-22)26(33)31-21(12-16-4-2-3-5-16)25(32)30-19-8-9-19/h10-11,13-17,19,21,29H,2-9,12H2,1H3,(H,30,32)(H,31,33)/t15-,21+/m1/s1. The average molecular weight is 501 g/mol. The van der Waals surface area contributed by atoms with Crippen LogP contribution in [-0.2, 0) is 4.79 Å². The number of hydrogen-bond acceptors (Lipinski definition) is 5. The Morgan fingerprint density at radius 3 is 2.62 bits per heavy atom. The Balaban J connectivity index is 1.24. The molecule has 0 bridgehead atoms. The molecule has 0 aromatic carbocycles. The lowest BCUT2D eigenvalue weighted by Gasteiger charge is -2.21. The molecule has 0 unspecified atom stereocenters. The Morgan fingerprint density at radius 2 is 1.91 bits per heavy atom. The van der Waals surface area contributed by atoms with Crippen LogP contribution in [0.15, 0.2) is 24.4 Å². The minimum Gasteiger partial charge on any atom is -0.376 e. The van der Waals surface area contributed by atoms with E-state index in [9.17, 15) is 9.59 Å². The molecule has 3 N–H and O–H groups in total. The van der Waals surface area contributed by atoms with Crippen molar-refractivity contribution in [3.05, 3.63) is 44.9 Å². The number of anilines is 1. The Morgan fingerprint density at radius 1 is 1.15 bits per heavy atom. The summed E-state index contributed by atoms with van der Waals surface area (Å²) < 4.78 is 0. The lowest BCUT2D eigenvalue weighted by molar-refractivity contribution is -0.123. The highest BCUT2D eigenvalue weighted by Crippen LogP contribution is 2.43. The SMILES string of the molecule is C[C@@H](Nc1cc(Cl)cnc1C1CC1)c1ccc(C(=O)N[C@@H](CC2CCCC2)C(=O)NC2CC2)s1. The fourth-order valence-electron chi connectivity index (χ4n) is 4.83.